The molecule has 0 aliphatic rings. The number of carboxylic acids is 1. The largest absolute Gasteiger partial charge is 0.480 e. The van der Waals surface area contributed by atoms with Gasteiger partial charge >= 0.3 is 5.97 Å². The number of aliphatic carboxylic acids is 1. The fourth-order valence-electron chi connectivity index (χ4n) is 1.47. The van der Waals surface area contributed by atoms with Crippen LogP contribution >= 0.6 is 0 Å². The Morgan fingerprint density at radius 2 is 2.18 bits per heavy atom. The van der Waals surface area contributed by atoms with Gasteiger partial charge in [-0.05, 0) is 17.3 Å². The van der Waals surface area contributed by atoms with Crippen molar-refractivity contribution in [2.45, 2.75) is 6.54 Å². The maximum atomic E-state index is 10.6. The van der Waals surface area contributed by atoms with Gasteiger partial charge in [-0.1, -0.05) is 12.1 Å². The van der Waals surface area contributed by atoms with Crippen LogP contribution in [-0.2, 0) is 11.3 Å². The third-order valence-corrected chi connectivity index (χ3v) is 2.36. The van der Waals surface area contributed by atoms with E-state index in [2.05, 4.69) is 25.9 Å². The summed E-state index contributed by atoms with van der Waals surface area (Å²) in [6.45, 7) is -0.386. The monoisotopic (exact) mass is 296 g/mol. The van der Waals surface area contributed by atoms with E-state index in [-0.39, 0.29) is 18.1 Å². The molecular weight excluding hydrogens is 288 g/mol. The molecule has 1 heterocycles. The molecule has 1 aromatic carbocycles. The van der Waals surface area contributed by atoms with Crippen LogP contribution in [0.2, 0.25) is 0 Å². The lowest BCUT2D eigenvalue weighted by molar-refractivity contribution is -0.138. The minimum atomic E-state index is -1.07. The molecule has 0 aliphatic carbocycles. The molecule has 0 atom stereocenters. The van der Waals surface area contributed by atoms with Crippen LogP contribution in [0.3, 0.4) is 0 Å². The molecule has 0 radical (unpaired) electrons. The van der Waals surface area contributed by atoms with Crippen molar-refractivity contribution in [1.82, 2.24) is 20.2 Å². The van der Waals surface area contributed by atoms with Crippen LogP contribution in [0.4, 0.5) is 5.69 Å². The van der Waals surface area contributed by atoms with E-state index in [1.54, 1.807) is 36.4 Å². The summed E-state index contributed by atoms with van der Waals surface area (Å²) in [5, 5.41) is 40.8. The zero-order valence-electron chi connectivity index (χ0n) is 11.0. The highest BCUT2D eigenvalue weighted by atomic mass is 16.4. The van der Waals surface area contributed by atoms with Crippen LogP contribution in [0.25, 0.3) is 11.4 Å². The second-order valence-electron chi connectivity index (χ2n) is 3.91. The summed E-state index contributed by atoms with van der Waals surface area (Å²) < 4.78 is 0. The normalized spacial score (nSPS) is 9.36. The van der Waals surface area contributed by atoms with E-state index in [0.717, 1.165) is 4.80 Å². The molecule has 22 heavy (non-hydrogen) atoms. The number of nitrogens with zero attached hydrogens (tertiary/aromatic N) is 7. The summed E-state index contributed by atoms with van der Waals surface area (Å²) in [5.74, 6) is -0.830. The van der Waals surface area contributed by atoms with E-state index < -0.39 is 5.97 Å². The number of tetrazole rings is 1. The lowest BCUT2D eigenvalue weighted by Crippen LogP contribution is -2.11. The number of nitrogens with one attached hydrogen (secondary N) is 1. The number of hydrogen-bond acceptors (Lipinski definition) is 8. The average Bonchev–Trinajstić information content (AvgIpc) is 2.96. The van der Waals surface area contributed by atoms with Gasteiger partial charge in [-0.3, -0.25) is 10.2 Å². The SMILES string of the molecule is N#CC(C#N)=NNc1cccc(-c2nnn(CC(=O)O)n2)c1. The van der Waals surface area contributed by atoms with E-state index in [9.17, 15) is 4.79 Å². The number of hydrogen-bond donors (Lipinski definition) is 2. The molecule has 108 valence electrons. The van der Waals surface area contributed by atoms with Crippen molar-refractivity contribution in [2.24, 2.45) is 5.10 Å². The standard InChI is InChI=1S/C12H8N8O2/c13-5-10(6-14)16-15-9-3-1-2-8(4-9)12-17-19-20(18-12)7-11(21)22/h1-4,15H,7H2,(H,21,22). The Hall–Kier alpha value is -3.79. The summed E-state index contributed by atoms with van der Waals surface area (Å²) in [6.07, 6.45) is 0. The van der Waals surface area contributed by atoms with E-state index in [1.165, 1.54) is 0 Å². The number of anilines is 1. The molecule has 0 saturated heterocycles. The Balaban J connectivity index is 2.20. The van der Waals surface area contributed by atoms with E-state index in [1.807, 2.05) is 0 Å². The van der Waals surface area contributed by atoms with Gasteiger partial charge in [0, 0.05) is 5.56 Å². The number of benzene rings is 1. The zero-order valence-corrected chi connectivity index (χ0v) is 11.0. The third-order valence-electron chi connectivity index (χ3n) is 2.36. The minimum absolute atomic E-state index is 0.245. The quantitative estimate of drug-likeness (QED) is 0.587. The molecule has 0 unspecified atom stereocenters. The second kappa shape index (κ2) is 6.58. The highest BCUT2D eigenvalue weighted by Crippen LogP contribution is 2.18. The zero-order chi connectivity index (χ0) is 15.9. The smallest absolute Gasteiger partial charge is 0.327 e. The molecule has 0 spiro atoms. The lowest BCUT2D eigenvalue weighted by atomic mass is 10.2. The van der Waals surface area contributed by atoms with E-state index >= 15 is 0 Å². The molecule has 0 bridgehead atoms. The van der Waals surface area contributed by atoms with Gasteiger partial charge in [0.1, 0.15) is 12.1 Å². The van der Waals surface area contributed by atoms with Crippen LogP contribution in [0, 0.1) is 22.7 Å². The van der Waals surface area contributed by atoms with Crippen molar-refractivity contribution in [3.8, 4) is 23.5 Å². The van der Waals surface area contributed by atoms with Gasteiger partial charge in [0.05, 0.1) is 5.69 Å². The van der Waals surface area contributed by atoms with Crippen LogP contribution in [-0.4, -0.2) is 37.0 Å². The van der Waals surface area contributed by atoms with Crippen molar-refractivity contribution < 1.29 is 9.90 Å². The van der Waals surface area contributed by atoms with Crippen molar-refractivity contribution in [3.63, 3.8) is 0 Å². The maximum absolute atomic E-state index is 10.6. The molecule has 2 rings (SSSR count). The Kier molecular flexibility index (Phi) is 4.37. The number of aromatic nitrogens is 4. The molecular formula is C12H8N8O2. The number of rotatable bonds is 5. The molecule has 0 amide bonds. The maximum Gasteiger partial charge on any atom is 0.327 e. The van der Waals surface area contributed by atoms with E-state index in [4.69, 9.17) is 15.6 Å². The molecule has 0 fully saturated rings. The minimum Gasteiger partial charge on any atom is -0.480 e. The third kappa shape index (κ3) is 3.61. The first-order valence-electron chi connectivity index (χ1n) is 5.86. The van der Waals surface area contributed by atoms with Gasteiger partial charge in [0.25, 0.3) is 0 Å². The molecule has 1 aromatic heterocycles. The summed E-state index contributed by atoms with van der Waals surface area (Å²) in [4.78, 5) is 11.5. The molecule has 10 nitrogen and oxygen atoms in total. The topological polar surface area (TPSA) is 153 Å². The fourth-order valence-corrected chi connectivity index (χ4v) is 1.47. The van der Waals surface area contributed by atoms with Crippen LogP contribution in [0.15, 0.2) is 29.4 Å². The Bertz CT molecular complexity index is 795. The fraction of sp³-hybridized carbons (Fsp3) is 0.0833. The molecule has 0 aliphatic heterocycles. The van der Waals surface area contributed by atoms with Crippen molar-refractivity contribution in [3.05, 3.63) is 24.3 Å². The second-order valence-corrected chi connectivity index (χ2v) is 3.91. The van der Waals surface area contributed by atoms with Crippen LogP contribution in [0.5, 0.6) is 0 Å². The van der Waals surface area contributed by atoms with Crippen molar-refractivity contribution in [1.29, 1.82) is 10.5 Å². The van der Waals surface area contributed by atoms with Gasteiger partial charge in [-0.15, -0.1) is 10.2 Å². The number of carboxylic acid groups (broad SMARTS) is 1. The summed E-state index contributed by atoms with van der Waals surface area (Å²) in [5.41, 5.74) is 3.34. The van der Waals surface area contributed by atoms with Crippen LogP contribution in [0.1, 0.15) is 0 Å². The van der Waals surface area contributed by atoms with Gasteiger partial charge in [-0.2, -0.15) is 20.4 Å². The lowest BCUT2D eigenvalue weighted by Gasteiger charge is -2.01. The first-order chi connectivity index (χ1) is 10.6. The van der Waals surface area contributed by atoms with E-state index in [0.29, 0.717) is 11.3 Å². The number of carbonyl (C=O) groups is 1. The summed E-state index contributed by atoms with van der Waals surface area (Å²) >= 11 is 0. The predicted octanol–water partition coefficient (Wildman–Crippen LogP) is 0.240. The molecule has 2 N–H and O–H groups in total. The van der Waals surface area contributed by atoms with Crippen LogP contribution < -0.4 is 5.43 Å². The highest BCUT2D eigenvalue weighted by molar-refractivity contribution is 6.10. The first-order valence-corrected chi connectivity index (χ1v) is 5.86. The Morgan fingerprint density at radius 1 is 1.41 bits per heavy atom. The first kappa shape index (κ1) is 14.6. The Labute approximate surface area is 123 Å². The van der Waals surface area contributed by atoms with Crippen molar-refractivity contribution >= 4 is 17.4 Å². The van der Waals surface area contributed by atoms with Gasteiger partial charge in [-0.25, -0.2) is 0 Å². The van der Waals surface area contributed by atoms with Crippen molar-refractivity contribution in [2.75, 3.05) is 5.43 Å². The Morgan fingerprint density at radius 3 is 2.86 bits per heavy atom. The molecule has 2 aromatic rings. The number of hydrazone groups is 1. The molecule has 10 heteroatoms. The van der Waals surface area contributed by atoms with Gasteiger partial charge in [0.2, 0.25) is 11.5 Å². The predicted molar refractivity (Wildman–Crippen MR) is 73.2 cm³/mol. The highest BCUT2D eigenvalue weighted by Gasteiger charge is 2.08. The summed E-state index contributed by atoms with van der Waals surface area (Å²) in [6, 6.07) is 9.92. The van der Waals surface area contributed by atoms with Gasteiger partial charge in [0.15, 0.2) is 6.54 Å². The van der Waals surface area contributed by atoms with Gasteiger partial charge < -0.3 is 5.11 Å². The average molecular weight is 296 g/mol. The summed E-state index contributed by atoms with van der Waals surface area (Å²) in [7, 11) is 0. The number of nitriles is 2. The molecule has 0 saturated carbocycles.